The number of benzene rings is 2. The van der Waals surface area contributed by atoms with Crippen LogP contribution < -0.4 is 10.2 Å². The van der Waals surface area contributed by atoms with E-state index in [1.165, 1.54) is 42.4 Å². The highest BCUT2D eigenvalue weighted by Crippen LogP contribution is 2.34. The van der Waals surface area contributed by atoms with Gasteiger partial charge in [-0.25, -0.2) is 9.37 Å². The quantitative estimate of drug-likeness (QED) is 0.361. The van der Waals surface area contributed by atoms with Gasteiger partial charge in [-0.05, 0) is 44.2 Å². The van der Waals surface area contributed by atoms with Crippen molar-refractivity contribution >= 4 is 40.5 Å². The van der Waals surface area contributed by atoms with Gasteiger partial charge in [-0.3, -0.25) is 4.79 Å². The highest BCUT2D eigenvalue weighted by atomic mass is 35.5. The van der Waals surface area contributed by atoms with Crippen LogP contribution in [-0.4, -0.2) is 36.7 Å². The van der Waals surface area contributed by atoms with Gasteiger partial charge >= 0.3 is 6.18 Å². The molecule has 0 aliphatic carbocycles. The van der Waals surface area contributed by atoms with Gasteiger partial charge in [0.2, 0.25) is 0 Å². The van der Waals surface area contributed by atoms with Crippen LogP contribution in [-0.2, 0) is 6.18 Å². The SMILES string of the molecule is CCO.CNc1cc(Cl)cnc1C(=O)N(C)c1ccccc1F.Cc1ccc(Cl)c(C(F)(F)F)c1. The Labute approximate surface area is 211 Å². The third-order valence-corrected chi connectivity index (χ3v) is 4.81. The molecule has 0 bridgehead atoms. The van der Waals surface area contributed by atoms with Crippen LogP contribution in [0.2, 0.25) is 10.0 Å². The van der Waals surface area contributed by atoms with Gasteiger partial charge in [0.25, 0.3) is 5.91 Å². The number of carbonyl (C=O) groups is 1. The molecule has 2 N–H and O–H groups in total. The highest BCUT2D eigenvalue weighted by Gasteiger charge is 2.32. The number of anilines is 2. The largest absolute Gasteiger partial charge is 0.417 e. The van der Waals surface area contributed by atoms with E-state index in [1.807, 2.05) is 0 Å². The van der Waals surface area contributed by atoms with Crippen LogP contribution in [0.25, 0.3) is 0 Å². The molecule has 190 valence electrons. The first-order chi connectivity index (χ1) is 16.4. The fourth-order valence-electron chi connectivity index (χ4n) is 2.65. The molecule has 5 nitrogen and oxygen atoms in total. The maximum atomic E-state index is 13.7. The van der Waals surface area contributed by atoms with Gasteiger partial charge < -0.3 is 15.3 Å². The van der Waals surface area contributed by atoms with Gasteiger partial charge in [0.15, 0.2) is 5.69 Å². The highest BCUT2D eigenvalue weighted by molar-refractivity contribution is 6.31. The number of rotatable bonds is 3. The summed E-state index contributed by atoms with van der Waals surface area (Å²) in [6, 6.07) is 11.5. The molecule has 1 aromatic heterocycles. The first-order valence-corrected chi connectivity index (χ1v) is 10.9. The lowest BCUT2D eigenvalue weighted by Crippen LogP contribution is -2.28. The molecule has 0 atom stereocenters. The first kappa shape index (κ1) is 30.2. The van der Waals surface area contributed by atoms with Gasteiger partial charge in [-0.15, -0.1) is 0 Å². The Bertz CT molecular complexity index is 1130. The number of aliphatic hydroxyl groups excluding tert-OH is 1. The maximum absolute atomic E-state index is 13.7. The fraction of sp³-hybridized carbons (Fsp3) is 0.250. The summed E-state index contributed by atoms with van der Waals surface area (Å²) in [5.41, 5.74) is 0.639. The summed E-state index contributed by atoms with van der Waals surface area (Å²) in [7, 11) is 3.16. The minimum Gasteiger partial charge on any atom is -0.397 e. The van der Waals surface area contributed by atoms with E-state index in [0.29, 0.717) is 16.3 Å². The van der Waals surface area contributed by atoms with Crippen LogP contribution in [0.15, 0.2) is 54.7 Å². The fourth-order valence-corrected chi connectivity index (χ4v) is 3.03. The van der Waals surface area contributed by atoms with Crippen molar-refractivity contribution in [2.75, 3.05) is 30.9 Å². The molecule has 0 fully saturated rings. The molecule has 1 heterocycles. The minimum atomic E-state index is -4.36. The van der Waals surface area contributed by atoms with Crippen LogP contribution in [0.5, 0.6) is 0 Å². The summed E-state index contributed by atoms with van der Waals surface area (Å²) in [6.07, 6.45) is -2.98. The number of pyridine rings is 1. The van der Waals surface area contributed by atoms with Crippen LogP contribution >= 0.6 is 23.2 Å². The number of aliphatic hydroxyl groups is 1. The van der Waals surface area contributed by atoms with Crippen molar-refractivity contribution in [1.82, 2.24) is 4.98 Å². The topological polar surface area (TPSA) is 65.5 Å². The summed E-state index contributed by atoms with van der Waals surface area (Å²) in [5, 5.41) is 10.6. The number of aryl methyl sites for hydroxylation is 1. The lowest BCUT2D eigenvalue weighted by Gasteiger charge is -2.19. The van der Waals surface area contributed by atoms with Crippen molar-refractivity contribution < 1.29 is 27.5 Å². The van der Waals surface area contributed by atoms with E-state index in [-0.39, 0.29) is 23.0 Å². The molecule has 0 spiro atoms. The molecule has 35 heavy (non-hydrogen) atoms. The van der Waals surface area contributed by atoms with E-state index < -0.39 is 23.5 Å². The van der Waals surface area contributed by atoms with Gasteiger partial charge in [-0.2, -0.15) is 13.2 Å². The second kappa shape index (κ2) is 13.9. The lowest BCUT2D eigenvalue weighted by atomic mass is 10.1. The van der Waals surface area contributed by atoms with Gasteiger partial charge in [0, 0.05) is 26.9 Å². The smallest absolute Gasteiger partial charge is 0.397 e. The summed E-state index contributed by atoms with van der Waals surface area (Å²) < 4.78 is 50.1. The molecule has 0 aliphatic rings. The number of halogens is 6. The van der Waals surface area contributed by atoms with E-state index in [9.17, 15) is 22.4 Å². The van der Waals surface area contributed by atoms with E-state index in [0.717, 1.165) is 6.07 Å². The van der Waals surface area contributed by atoms with Crippen molar-refractivity contribution in [2.24, 2.45) is 0 Å². The number of alkyl halides is 3. The molecule has 0 aliphatic heterocycles. The third-order valence-electron chi connectivity index (χ3n) is 4.27. The Morgan fingerprint density at radius 1 is 1.14 bits per heavy atom. The number of nitrogens with one attached hydrogen (secondary N) is 1. The van der Waals surface area contributed by atoms with Crippen molar-refractivity contribution in [3.05, 3.63) is 87.4 Å². The van der Waals surface area contributed by atoms with Crippen LogP contribution in [0.3, 0.4) is 0 Å². The van der Waals surface area contributed by atoms with Crippen LogP contribution in [0.1, 0.15) is 28.5 Å². The van der Waals surface area contributed by atoms with Crippen LogP contribution in [0, 0.1) is 12.7 Å². The molecule has 0 unspecified atom stereocenters. The number of carbonyl (C=O) groups excluding carboxylic acids is 1. The lowest BCUT2D eigenvalue weighted by molar-refractivity contribution is -0.137. The Hall–Kier alpha value is -2.88. The van der Waals surface area contributed by atoms with E-state index >= 15 is 0 Å². The molecule has 1 amide bonds. The second-order valence-corrected chi connectivity index (χ2v) is 7.76. The average Bonchev–Trinajstić information content (AvgIpc) is 2.80. The van der Waals surface area contributed by atoms with E-state index in [2.05, 4.69) is 10.3 Å². The standard InChI is InChI=1S/C14H13ClFN3O.C8H6ClF3.C2H6O/c1-17-11-7-9(15)8-18-13(11)14(20)19(2)12-6-4-3-5-10(12)16;1-5-2-3-7(9)6(4-5)8(10,11)12;1-2-3/h3-8,17H,1-2H3;2-4H,1H3;3H,2H2,1H3. The summed E-state index contributed by atoms with van der Waals surface area (Å²) in [5.74, 6) is -0.889. The molecule has 11 heteroatoms. The van der Waals surface area contributed by atoms with Crippen LogP contribution in [0.4, 0.5) is 28.9 Å². The second-order valence-electron chi connectivity index (χ2n) is 6.91. The third kappa shape index (κ3) is 9.01. The summed E-state index contributed by atoms with van der Waals surface area (Å²) in [4.78, 5) is 17.6. The normalized spacial score (nSPS) is 10.4. The molecular formula is C24H25Cl2F4N3O2. The first-order valence-electron chi connectivity index (χ1n) is 10.2. The van der Waals surface area contributed by atoms with Gasteiger partial charge in [-0.1, -0.05) is 47.0 Å². The molecule has 3 rings (SSSR count). The number of hydrogen-bond donors (Lipinski definition) is 2. The number of nitrogens with zero attached hydrogens (tertiary/aromatic N) is 2. The van der Waals surface area contributed by atoms with Crippen molar-refractivity contribution in [3.8, 4) is 0 Å². The van der Waals surface area contributed by atoms with Gasteiger partial charge in [0.1, 0.15) is 5.82 Å². The monoisotopic (exact) mass is 533 g/mol. The number of aromatic nitrogens is 1. The van der Waals surface area contributed by atoms with E-state index in [1.54, 1.807) is 39.1 Å². The Balaban J connectivity index is 0.000000347. The zero-order chi connectivity index (χ0) is 26.8. The Kier molecular flexibility index (Phi) is 11.9. The molecular weight excluding hydrogens is 509 g/mol. The Morgan fingerprint density at radius 2 is 1.74 bits per heavy atom. The molecule has 2 aromatic carbocycles. The average molecular weight is 534 g/mol. The number of amides is 1. The Morgan fingerprint density at radius 3 is 2.26 bits per heavy atom. The van der Waals surface area contributed by atoms with Gasteiger partial charge in [0.05, 0.1) is 27.0 Å². The summed E-state index contributed by atoms with van der Waals surface area (Å²) in [6.45, 7) is 3.52. The molecule has 0 radical (unpaired) electrons. The minimum absolute atomic E-state index is 0.183. The maximum Gasteiger partial charge on any atom is 0.417 e. The summed E-state index contributed by atoms with van der Waals surface area (Å²) >= 11 is 11.2. The van der Waals surface area contributed by atoms with Crippen molar-refractivity contribution in [2.45, 2.75) is 20.0 Å². The zero-order valence-electron chi connectivity index (χ0n) is 19.4. The molecule has 3 aromatic rings. The molecule has 0 saturated heterocycles. The van der Waals surface area contributed by atoms with E-state index in [4.69, 9.17) is 28.3 Å². The molecule has 0 saturated carbocycles. The zero-order valence-corrected chi connectivity index (χ0v) is 20.9. The predicted octanol–water partition coefficient (Wildman–Crippen LogP) is 6.86. The number of para-hydroxylation sites is 1. The van der Waals surface area contributed by atoms with Crippen molar-refractivity contribution in [1.29, 1.82) is 0 Å². The van der Waals surface area contributed by atoms with Crippen molar-refractivity contribution in [3.63, 3.8) is 0 Å². The predicted molar refractivity (Wildman–Crippen MR) is 132 cm³/mol. The number of hydrogen-bond acceptors (Lipinski definition) is 4.